The largest absolute Gasteiger partial charge is 0.352 e. The van der Waals surface area contributed by atoms with Crippen LogP contribution in [0.4, 0.5) is 5.69 Å². The van der Waals surface area contributed by atoms with Crippen molar-refractivity contribution in [3.05, 3.63) is 94.5 Å². The number of amides is 2. The van der Waals surface area contributed by atoms with Crippen molar-refractivity contribution in [3.8, 4) is 0 Å². The summed E-state index contributed by atoms with van der Waals surface area (Å²) in [6, 6.07) is 19.7. The lowest BCUT2D eigenvalue weighted by Crippen LogP contribution is -2.53. The Morgan fingerprint density at radius 2 is 1.55 bits per heavy atom. The van der Waals surface area contributed by atoms with E-state index in [1.54, 1.807) is 43.3 Å². The lowest BCUT2D eigenvalue weighted by Gasteiger charge is -2.34. The van der Waals surface area contributed by atoms with Gasteiger partial charge < -0.3 is 10.2 Å². The van der Waals surface area contributed by atoms with Gasteiger partial charge in [0.05, 0.1) is 10.6 Å². The number of nitrogens with one attached hydrogen (secondary N) is 1. The predicted octanol–water partition coefficient (Wildman–Crippen LogP) is 5.87. The lowest BCUT2D eigenvalue weighted by atomic mass is 10.1. The summed E-state index contributed by atoms with van der Waals surface area (Å²) in [6.07, 6.45) is 1.11. The van der Waals surface area contributed by atoms with Gasteiger partial charge in [-0.1, -0.05) is 67.9 Å². The first-order chi connectivity index (χ1) is 19.0. The van der Waals surface area contributed by atoms with E-state index in [1.807, 2.05) is 52.0 Å². The molecule has 3 aromatic rings. The maximum Gasteiger partial charge on any atom is 0.264 e. The normalized spacial score (nSPS) is 12.8. The molecule has 7 nitrogen and oxygen atoms in total. The summed E-state index contributed by atoms with van der Waals surface area (Å²) in [6.45, 7) is 9.11. The Hall–Kier alpha value is -3.36. The molecule has 0 saturated carbocycles. The summed E-state index contributed by atoms with van der Waals surface area (Å²) in [5.41, 5.74) is 2.80. The Balaban J connectivity index is 2.09. The Morgan fingerprint density at radius 3 is 2.15 bits per heavy atom. The summed E-state index contributed by atoms with van der Waals surface area (Å²) in [7, 11) is -4.13. The molecule has 2 amide bonds. The molecule has 0 heterocycles. The number of anilines is 1. The number of sulfonamides is 1. The Bertz CT molecular complexity index is 1430. The molecule has 0 aromatic heterocycles. The summed E-state index contributed by atoms with van der Waals surface area (Å²) < 4.78 is 29.0. The van der Waals surface area contributed by atoms with E-state index in [0.717, 1.165) is 21.9 Å². The molecule has 214 valence electrons. The number of hydrogen-bond donors (Lipinski definition) is 1. The van der Waals surface area contributed by atoms with Gasteiger partial charge in [0.1, 0.15) is 12.6 Å². The van der Waals surface area contributed by atoms with Gasteiger partial charge in [-0.15, -0.1) is 0 Å². The van der Waals surface area contributed by atoms with Gasteiger partial charge in [0.15, 0.2) is 0 Å². The fraction of sp³-hybridized carbons (Fsp3) is 0.355. The topological polar surface area (TPSA) is 86.8 Å². The monoisotopic (exact) mass is 583 g/mol. The van der Waals surface area contributed by atoms with Crippen molar-refractivity contribution in [2.45, 2.75) is 71.0 Å². The highest BCUT2D eigenvalue weighted by atomic mass is 35.5. The quantitative estimate of drug-likeness (QED) is 0.289. The maximum absolute atomic E-state index is 14.2. The lowest BCUT2D eigenvalue weighted by molar-refractivity contribution is -0.140. The van der Waals surface area contributed by atoms with Gasteiger partial charge in [-0.25, -0.2) is 8.42 Å². The second kappa shape index (κ2) is 13.8. The molecule has 0 saturated heterocycles. The minimum atomic E-state index is -4.13. The van der Waals surface area contributed by atoms with Crippen LogP contribution < -0.4 is 9.62 Å². The van der Waals surface area contributed by atoms with Gasteiger partial charge in [0.2, 0.25) is 11.8 Å². The summed E-state index contributed by atoms with van der Waals surface area (Å²) >= 11 is 6.18. The second-order valence-electron chi connectivity index (χ2n) is 9.95. The maximum atomic E-state index is 14.2. The van der Waals surface area contributed by atoms with Crippen molar-refractivity contribution in [2.24, 2.45) is 0 Å². The van der Waals surface area contributed by atoms with E-state index < -0.39 is 28.5 Å². The number of aryl methyl sites for hydroxylation is 2. The van der Waals surface area contributed by atoms with E-state index in [0.29, 0.717) is 22.7 Å². The molecule has 0 aliphatic heterocycles. The molecule has 0 spiro atoms. The van der Waals surface area contributed by atoms with Crippen molar-refractivity contribution in [1.29, 1.82) is 0 Å². The number of rotatable bonds is 12. The first-order valence-corrected chi connectivity index (χ1v) is 15.3. The molecule has 0 radical (unpaired) electrons. The molecule has 0 fully saturated rings. The first-order valence-electron chi connectivity index (χ1n) is 13.5. The van der Waals surface area contributed by atoms with Crippen molar-refractivity contribution < 1.29 is 18.0 Å². The summed E-state index contributed by atoms with van der Waals surface area (Å²) in [5, 5.41) is 3.45. The van der Waals surface area contributed by atoms with Gasteiger partial charge in [-0.3, -0.25) is 13.9 Å². The molecule has 0 aliphatic carbocycles. The van der Waals surface area contributed by atoms with E-state index in [-0.39, 0.29) is 23.4 Å². The zero-order chi connectivity index (χ0) is 29.4. The van der Waals surface area contributed by atoms with Crippen LogP contribution in [0.25, 0.3) is 0 Å². The third-order valence-electron chi connectivity index (χ3n) is 7.03. The zero-order valence-electron chi connectivity index (χ0n) is 23.7. The van der Waals surface area contributed by atoms with Gasteiger partial charge >= 0.3 is 0 Å². The minimum absolute atomic E-state index is 0.0594. The van der Waals surface area contributed by atoms with Gasteiger partial charge in [0, 0.05) is 17.6 Å². The molecule has 1 N–H and O–H groups in total. The van der Waals surface area contributed by atoms with Crippen LogP contribution in [0.3, 0.4) is 0 Å². The van der Waals surface area contributed by atoms with E-state index in [1.165, 1.54) is 17.0 Å². The molecule has 3 rings (SSSR count). The van der Waals surface area contributed by atoms with Crippen LogP contribution in [0.1, 0.15) is 50.3 Å². The van der Waals surface area contributed by atoms with Crippen molar-refractivity contribution >= 4 is 39.1 Å². The number of nitrogens with zero attached hydrogens (tertiary/aromatic N) is 2. The molecule has 2 atom stereocenters. The predicted molar refractivity (Wildman–Crippen MR) is 161 cm³/mol. The second-order valence-corrected chi connectivity index (χ2v) is 12.2. The standard InChI is InChI=1S/C31H38ClN3O4S/c1-6-24(5)33-31(37)28(7-2)34(20-25-14-12-11-13-22(25)3)30(36)21-35(29-18-17-26(32)19-23(29)4)40(38,39)27-15-9-8-10-16-27/h8-19,24,28H,6-7,20-21H2,1-5H3,(H,33,37). The highest BCUT2D eigenvalue weighted by Gasteiger charge is 2.34. The van der Waals surface area contributed by atoms with Crippen molar-refractivity contribution in [3.63, 3.8) is 0 Å². The molecular weight excluding hydrogens is 546 g/mol. The van der Waals surface area contributed by atoms with Gasteiger partial charge in [-0.05, 0) is 80.6 Å². The van der Waals surface area contributed by atoms with Crippen LogP contribution in [0.2, 0.25) is 5.02 Å². The van der Waals surface area contributed by atoms with E-state index >= 15 is 0 Å². The molecular formula is C31H38ClN3O4S. The first kappa shape index (κ1) is 31.2. The number of halogens is 1. The Labute approximate surface area is 243 Å². The van der Waals surface area contributed by atoms with E-state index in [4.69, 9.17) is 11.6 Å². The van der Waals surface area contributed by atoms with Crippen LogP contribution >= 0.6 is 11.6 Å². The number of benzene rings is 3. The van der Waals surface area contributed by atoms with Crippen LogP contribution in [0.15, 0.2) is 77.7 Å². The SMILES string of the molecule is CCC(C)NC(=O)C(CC)N(Cc1ccccc1C)C(=O)CN(c1ccc(Cl)cc1C)S(=O)(=O)c1ccccc1. The highest BCUT2D eigenvalue weighted by Crippen LogP contribution is 2.29. The van der Waals surface area contributed by atoms with Gasteiger partial charge in [-0.2, -0.15) is 0 Å². The van der Waals surface area contributed by atoms with Gasteiger partial charge in [0.25, 0.3) is 10.0 Å². The van der Waals surface area contributed by atoms with Crippen LogP contribution in [0, 0.1) is 13.8 Å². The summed E-state index contributed by atoms with van der Waals surface area (Å²) in [4.78, 5) is 29.1. The molecule has 40 heavy (non-hydrogen) atoms. The van der Waals surface area contributed by atoms with E-state index in [2.05, 4.69) is 5.32 Å². The van der Waals surface area contributed by atoms with Crippen LogP contribution in [0.5, 0.6) is 0 Å². The zero-order valence-corrected chi connectivity index (χ0v) is 25.3. The fourth-order valence-corrected chi connectivity index (χ4v) is 6.19. The van der Waals surface area contributed by atoms with Crippen molar-refractivity contribution in [1.82, 2.24) is 10.2 Å². The Morgan fingerprint density at radius 1 is 0.900 bits per heavy atom. The molecule has 3 aromatic carbocycles. The summed E-state index contributed by atoms with van der Waals surface area (Å²) in [5.74, 6) is -0.748. The van der Waals surface area contributed by atoms with E-state index in [9.17, 15) is 18.0 Å². The van der Waals surface area contributed by atoms with Crippen LogP contribution in [-0.2, 0) is 26.2 Å². The molecule has 2 unspecified atom stereocenters. The fourth-order valence-electron chi connectivity index (χ4n) is 4.46. The number of hydrogen-bond acceptors (Lipinski definition) is 4. The average molecular weight is 584 g/mol. The minimum Gasteiger partial charge on any atom is -0.352 e. The Kier molecular flexibility index (Phi) is 10.8. The highest BCUT2D eigenvalue weighted by molar-refractivity contribution is 7.92. The smallest absolute Gasteiger partial charge is 0.264 e. The number of carbonyl (C=O) groups excluding carboxylic acids is 2. The molecule has 9 heteroatoms. The van der Waals surface area contributed by atoms with Crippen molar-refractivity contribution in [2.75, 3.05) is 10.8 Å². The third kappa shape index (κ3) is 7.43. The number of carbonyl (C=O) groups is 2. The van der Waals surface area contributed by atoms with Crippen LogP contribution in [-0.4, -0.2) is 43.8 Å². The third-order valence-corrected chi connectivity index (χ3v) is 9.04. The molecule has 0 bridgehead atoms. The average Bonchev–Trinajstić information content (AvgIpc) is 2.93. The molecule has 0 aliphatic rings.